The van der Waals surface area contributed by atoms with Crippen LogP contribution in [0.2, 0.25) is 0 Å². The van der Waals surface area contributed by atoms with Gasteiger partial charge in [0.05, 0.1) is 22.9 Å². The lowest BCUT2D eigenvalue weighted by molar-refractivity contribution is 0.102. The number of hydrogen-bond acceptors (Lipinski definition) is 7. The number of aryl methyl sites for hydroxylation is 2. The maximum Gasteiger partial charge on any atom is 0.277 e. The molecule has 136 valence electrons. The van der Waals surface area contributed by atoms with Gasteiger partial charge < -0.3 is 8.98 Å². The summed E-state index contributed by atoms with van der Waals surface area (Å²) < 4.78 is 7.69. The van der Waals surface area contributed by atoms with E-state index in [9.17, 15) is 4.79 Å². The van der Waals surface area contributed by atoms with Crippen molar-refractivity contribution < 1.29 is 9.21 Å². The average molecular weight is 389 g/mol. The van der Waals surface area contributed by atoms with Crippen LogP contribution in [0, 0.1) is 20.8 Å². The fourth-order valence-electron chi connectivity index (χ4n) is 2.71. The highest BCUT2D eigenvalue weighted by molar-refractivity contribution is 7.99. The van der Waals surface area contributed by atoms with Gasteiger partial charge in [-0.2, -0.15) is 0 Å². The van der Waals surface area contributed by atoms with Gasteiger partial charge in [0.25, 0.3) is 5.22 Å². The van der Waals surface area contributed by atoms with E-state index in [1.807, 2.05) is 38.3 Å². The number of ketones is 1. The lowest BCUT2D eigenvalue weighted by atomic mass is 10.2. The number of carbonyl (C=O) groups is 1. The second-order valence-electron chi connectivity index (χ2n) is 5.89. The smallest absolute Gasteiger partial charge is 0.277 e. The minimum absolute atomic E-state index is 0.0493. The first kappa shape index (κ1) is 18.6. The third kappa shape index (κ3) is 4.13. The van der Waals surface area contributed by atoms with Gasteiger partial charge in [-0.1, -0.05) is 17.8 Å². The first-order valence-corrected chi connectivity index (χ1v) is 10.0. The summed E-state index contributed by atoms with van der Waals surface area (Å²) in [6.45, 7) is 10.4. The van der Waals surface area contributed by atoms with Gasteiger partial charge in [-0.05, 0) is 26.8 Å². The molecule has 0 spiro atoms. The number of allylic oxidation sites excluding steroid dienone is 1. The van der Waals surface area contributed by atoms with E-state index < -0.39 is 0 Å². The Bertz CT molecular complexity index is 939. The van der Waals surface area contributed by atoms with Crippen LogP contribution in [0.3, 0.4) is 0 Å². The van der Waals surface area contributed by atoms with E-state index in [-0.39, 0.29) is 11.5 Å². The van der Waals surface area contributed by atoms with Crippen LogP contribution in [0.4, 0.5) is 0 Å². The van der Waals surface area contributed by atoms with Crippen LogP contribution in [0.1, 0.15) is 38.3 Å². The summed E-state index contributed by atoms with van der Waals surface area (Å²) in [5.41, 5.74) is 3.65. The lowest BCUT2D eigenvalue weighted by Crippen LogP contribution is -2.06. The molecular formula is C18H20N4O2S2. The van der Waals surface area contributed by atoms with Gasteiger partial charge in [0.1, 0.15) is 0 Å². The van der Waals surface area contributed by atoms with Gasteiger partial charge in [-0.15, -0.1) is 28.1 Å². The van der Waals surface area contributed by atoms with Crippen molar-refractivity contribution >= 4 is 28.9 Å². The summed E-state index contributed by atoms with van der Waals surface area (Å²) in [7, 11) is 0. The second-order valence-corrected chi connectivity index (χ2v) is 7.88. The fourth-order valence-corrected chi connectivity index (χ4v) is 3.99. The maximum atomic E-state index is 12.6. The van der Waals surface area contributed by atoms with E-state index in [1.54, 1.807) is 11.3 Å². The van der Waals surface area contributed by atoms with Crippen molar-refractivity contribution in [2.45, 2.75) is 39.0 Å². The molecule has 3 rings (SSSR count). The zero-order valence-corrected chi connectivity index (χ0v) is 16.6. The SMILES string of the molecule is C=CCn1c(C)cc(C(=O)CSc2nnc(Cc3csc(C)n3)o2)c1C. The molecule has 3 aromatic rings. The van der Waals surface area contributed by atoms with Crippen molar-refractivity contribution in [2.24, 2.45) is 0 Å². The Morgan fingerprint density at radius 3 is 2.88 bits per heavy atom. The van der Waals surface area contributed by atoms with E-state index in [4.69, 9.17) is 4.42 Å². The molecule has 0 saturated carbocycles. The van der Waals surface area contributed by atoms with Crippen LogP contribution in [0.5, 0.6) is 0 Å². The summed E-state index contributed by atoms with van der Waals surface area (Å²) in [5, 5.41) is 11.4. The number of Topliss-reactive ketones (excluding diaryl/α,β-unsaturated/α-hetero) is 1. The van der Waals surface area contributed by atoms with E-state index in [2.05, 4.69) is 26.3 Å². The lowest BCUT2D eigenvalue weighted by Gasteiger charge is -2.05. The van der Waals surface area contributed by atoms with Gasteiger partial charge in [0.2, 0.25) is 5.89 Å². The van der Waals surface area contributed by atoms with Crippen molar-refractivity contribution in [1.82, 2.24) is 19.7 Å². The van der Waals surface area contributed by atoms with E-state index >= 15 is 0 Å². The van der Waals surface area contributed by atoms with Gasteiger partial charge in [-0.3, -0.25) is 4.79 Å². The number of nitrogens with zero attached hydrogens (tertiary/aromatic N) is 4. The summed E-state index contributed by atoms with van der Waals surface area (Å²) in [6.07, 6.45) is 2.33. The molecule has 8 heteroatoms. The van der Waals surface area contributed by atoms with Crippen LogP contribution < -0.4 is 0 Å². The van der Waals surface area contributed by atoms with E-state index in [1.165, 1.54) is 11.8 Å². The van der Waals surface area contributed by atoms with E-state index in [0.717, 1.165) is 27.7 Å². The highest BCUT2D eigenvalue weighted by Crippen LogP contribution is 2.22. The third-order valence-corrected chi connectivity index (χ3v) is 5.60. The summed E-state index contributed by atoms with van der Waals surface area (Å²) in [6, 6.07) is 1.92. The quantitative estimate of drug-likeness (QED) is 0.330. The van der Waals surface area contributed by atoms with Crippen molar-refractivity contribution in [1.29, 1.82) is 0 Å². The minimum atomic E-state index is 0.0493. The molecule has 0 fully saturated rings. The van der Waals surface area contributed by atoms with Gasteiger partial charge >= 0.3 is 0 Å². The van der Waals surface area contributed by atoms with Crippen LogP contribution in [0.15, 0.2) is 33.7 Å². The Hall–Kier alpha value is -2.19. The van der Waals surface area contributed by atoms with Crippen LogP contribution in [-0.2, 0) is 13.0 Å². The van der Waals surface area contributed by atoms with Crippen LogP contribution >= 0.6 is 23.1 Å². The summed E-state index contributed by atoms with van der Waals surface area (Å²) in [5.74, 6) is 0.818. The number of hydrogen-bond donors (Lipinski definition) is 0. The molecule has 6 nitrogen and oxygen atoms in total. The number of carbonyl (C=O) groups excluding carboxylic acids is 1. The largest absolute Gasteiger partial charge is 0.416 e. The first-order valence-electron chi connectivity index (χ1n) is 8.15. The topological polar surface area (TPSA) is 73.8 Å². The molecule has 0 aliphatic heterocycles. The fraction of sp³-hybridized carbons (Fsp3) is 0.333. The summed E-state index contributed by atoms with van der Waals surface area (Å²) >= 11 is 2.85. The number of aromatic nitrogens is 4. The Morgan fingerprint density at radius 1 is 1.38 bits per heavy atom. The Kier molecular flexibility index (Phi) is 5.73. The maximum absolute atomic E-state index is 12.6. The second kappa shape index (κ2) is 8.01. The van der Waals surface area contributed by atoms with Gasteiger partial charge in [0.15, 0.2) is 5.78 Å². The molecule has 0 aliphatic rings. The molecule has 0 saturated heterocycles. The number of rotatable bonds is 8. The molecule has 3 aromatic heterocycles. The van der Waals surface area contributed by atoms with Crippen LogP contribution in [0.25, 0.3) is 0 Å². The van der Waals surface area contributed by atoms with Crippen molar-refractivity contribution in [3.8, 4) is 0 Å². The molecule has 0 atom stereocenters. The monoisotopic (exact) mass is 388 g/mol. The number of thioether (sulfide) groups is 1. The van der Waals surface area contributed by atoms with Gasteiger partial charge in [0, 0.05) is 28.9 Å². The normalized spacial score (nSPS) is 11.0. The molecule has 0 unspecified atom stereocenters. The highest BCUT2D eigenvalue weighted by Gasteiger charge is 2.17. The van der Waals surface area contributed by atoms with E-state index in [0.29, 0.717) is 24.1 Å². The molecule has 0 aromatic carbocycles. The summed E-state index contributed by atoms with van der Waals surface area (Å²) in [4.78, 5) is 16.9. The van der Waals surface area contributed by atoms with Crippen molar-refractivity contribution in [3.05, 3.63) is 57.6 Å². The molecule has 0 aliphatic carbocycles. The Morgan fingerprint density at radius 2 is 2.19 bits per heavy atom. The molecule has 26 heavy (non-hydrogen) atoms. The van der Waals surface area contributed by atoms with Gasteiger partial charge in [-0.25, -0.2) is 4.98 Å². The van der Waals surface area contributed by atoms with Crippen molar-refractivity contribution in [3.63, 3.8) is 0 Å². The molecular weight excluding hydrogens is 368 g/mol. The Labute approximate surface area is 160 Å². The minimum Gasteiger partial charge on any atom is -0.416 e. The predicted octanol–water partition coefficient (Wildman–Crippen LogP) is 4.00. The molecule has 0 amide bonds. The average Bonchev–Trinajstić information content (AvgIpc) is 3.29. The standard InChI is InChI=1S/C18H20N4O2S2/c1-5-6-22-11(2)7-15(12(22)3)16(23)10-26-18-21-20-17(24-18)8-14-9-25-13(4)19-14/h5,7,9H,1,6,8,10H2,2-4H3. The molecule has 3 heterocycles. The first-order chi connectivity index (χ1) is 12.5. The molecule has 0 N–H and O–H groups in total. The zero-order chi connectivity index (χ0) is 18.7. The van der Waals surface area contributed by atoms with Crippen LogP contribution in [-0.4, -0.2) is 31.3 Å². The predicted molar refractivity (Wildman–Crippen MR) is 103 cm³/mol. The molecule has 0 radical (unpaired) electrons. The number of thiazole rings is 1. The third-order valence-electron chi connectivity index (χ3n) is 3.96. The Balaban J connectivity index is 1.61. The zero-order valence-electron chi connectivity index (χ0n) is 15.0. The van der Waals surface area contributed by atoms with Crippen molar-refractivity contribution in [2.75, 3.05) is 5.75 Å². The highest BCUT2D eigenvalue weighted by atomic mass is 32.2. The molecule has 0 bridgehead atoms.